The van der Waals surface area contributed by atoms with E-state index >= 15 is 0 Å². The Morgan fingerprint density at radius 3 is 2.54 bits per heavy atom. The number of aldehydes is 1. The van der Waals surface area contributed by atoms with E-state index in [1.165, 1.54) is 18.2 Å². The number of hydrogen-bond donors (Lipinski definition) is 0. The van der Waals surface area contributed by atoms with Gasteiger partial charge in [-0.2, -0.15) is 0 Å². The van der Waals surface area contributed by atoms with Gasteiger partial charge in [-0.15, -0.1) is 0 Å². The van der Waals surface area contributed by atoms with Crippen LogP contribution in [0.2, 0.25) is 0 Å². The van der Waals surface area contributed by atoms with Crippen molar-refractivity contribution in [2.24, 2.45) is 0 Å². The molecule has 7 heteroatoms. The average molecular weight is 351 g/mol. The lowest BCUT2D eigenvalue weighted by Gasteiger charge is -2.05. The van der Waals surface area contributed by atoms with Gasteiger partial charge in [-0.1, -0.05) is 24.3 Å². The summed E-state index contributed by atoms with van der Waals surface area (Å²) in [4.78, 5) is 33.0. The topological polar surface area (TPSA) is 99.7 Å². The lowest BCUT2D eigenvalue weighted by atomic mass is 10.1. The smallest absolute Gasteiger partial charge is 0.338 e. The van der Waals surface area contributed by atoms with Crippen LogP contribution in [0.5, 0.6) is 0 Å². The molecule has 1 aromatic heterocycles. The van der Waals surface area contributed by atoms with Crippen LogP contribution in [0.4, 0.5) is 5.69 Å². The first-order valence-corrected chi connectivity index (χ1v) is 7.63. The lowest BCUT2D eigenvalue weighted by Crippen LogP contribution is -2.05. The number of carbonyl (C=O) groups excluding carboxylic acids is 2. The normalized spacial score (nSPS) is 10.3. The van der Waals surface area contributed by atoms with E-state index in [-0.39, 0.29) is 18.1 Å². The summed E-state index contributed by atoms with van der Waals surface area (Å²) < 4.78 is 10.5. The number of nitrogens with zero attached hydrogens (tertiary/aromatic N) is 1. The maximum absolute atomic E-state index is 12.1. The molecular formula is C19H13NO6. The Balaban J connectivity index is 1.65. The Morgan fingerprint density at radius 1 is 1.12 bits per heavy atom. The highest BCUT2D eigenvalue weighted by Crippen LogP contribution is 2.22. The van der Waals surface area contributed by atoms with Gasteiger partial charge in [0.25, 0.3) is 5.69 Å². The third kappa shape index (κ3) is 3.84. The van der Waals surface area contributed by atoms with Crippen LogP contribution in [0.15, 0.2) is 65.1 Å². The van der Waals surface area contributed by atoms with E-state index in [1.807, 2.05) is 0 Å². The number of hydrogen-bond acceptors (Lipinski definition) is 6. The van der Waals surface area contributed by atoms with Crippen LogP contribution in [0.3, 0.4) is 0 Å². The molecule has 2 aromatic carbocycles. The number of esters is 1. The van der Waals surface area contributed by atoms with Gasteiger partial charge in [0.2, 0.25) is 0 Å². The summed E-state index contributed by atoms with van der Waals surface area (Å²) in [6.07, 6.45) is 0.614. The van der Waals surface area contributed by atoms with Crippen LogP contribution in [0, 0.1) is 10.1 Å². The molecule has 0 aliphatic rings. The molecule has 0 spiro atoms. The molecule has 26 heavy (non-hydrogen) atoms. The van der Waals surface area contributed by atoms with E-state index < -0.39 is 10.9 Å². The summed E-state index contributed by atoms with van der Waals surface area (Å²) in [5.74, 6) is 0.195. The predicted octanol–water partition coefficient (Wildman–Crippen LogP) is 4.02. The first kappa shape index (κ1) is 17.1. The summed E-state index contributed by atoms with van der Waals surface area (Å²) in [6, 6.07) is 15.6. The van der Waals surface area contributed by atoms with Gasteiger partial charge in [-0.05, 0) is 29.8 Å². The average Bonchev–Trinajstić information content (AvgIpc) is 3.15. The minimum atomic E-state index is -0.545. The van der Waals surface area contributed by atoms with Gasteiger partial charge >= 0.3 is 5.97 Å². The Bertz CT molecular complexity index is 958. The van der Waals surface area contributed by atoms with Crippen LogP contribution >= 0.6 is 0 Å². The molecule has 0 unspecified atom stereocenters. The van der Waals surface area contributed by atoms with Gasteiger partial charge < -0.3 is 9.15 Å². The van der Waals surface area contributed by atoms with Gasteiger partial charge in [0, 0.05) is 17.7 Å². The molecule has 3 rings (SSSR count). The zero-order chi connectivity index (χ0) is 18.5. The largest absolute Gasteiger partial charge is 0.457 e. The third-order valence-electron chi connectivity index (χ3n) is 3.64. The molecule has 0 aliphatic heterocycles. The van der Waals surface area contributed by atoms with Crippen LogP contribution in [0.25, 0.3) is 11.3 Å². The van der Waals surface area contributed by atoms with Gasteiger partial charge in [0.15, 0.2) is 12.0 Å². The second-order valence-corrected chi connectivity index (χ2v) is 5.40. The molecule has 3 aromatic rings. The van der Waals surface area contributed by atoms with Crippen molar-refractivity contribution >= 4 is 17.9 Å². The fourth-order valence-corrected chi connectivity index (χ4v) is 2.33. The maximum Gasteiger partial charge on any atom is 0.338 e. The van der Waals surface area contributed by atoms with Crippen molar-refractivity contribution in [3.05, 3.63) is 87.7 Å². The molecular weight excluding hydrogens is 338 g/mol. The zero-order valence-electron chi connectivity index (χ0n) is 13.5. The van der Waals surface area contributed by atoms with Crippen molar-refractivity contribution in [3.63, 3.8) is 0 Å². The van der Waals surface area contributed by atoms with Crippen molar-refractivity contribution in [1.82, 2.24) is 0 Å². The third-order valence-corrected chi connectivity index (χ3v) is 3.64. The Hall–Kier alpha value is -3.74. The summed E-state index contributed by atoms with van der Waals surface area (Å²) in [5, 5.41) is 10.8. The molecule has 0 bridgehead atoms. The van der Waals surface area contributed by atoms with E-state index in [2.05, 4.69) is 0 Å². The number of rotatable bonds is 6. The number of carbonyl (C=O) groups is 2. The van der Waals surface area contributed by atoms with Crippen molar-refractivity contribution in [1.29, 1.82) is 0 Å². The molecule has 0 saturated heterocycles. The molecule has 1 heterocycles. The zero-order valence-corrected chi connectivity index (χ0v) is 13.5. The first-order chi connectivity index (χ1) is 12.6. The molecule has 0 amide bonds. The fraction of sp³-hybridized carbons (Fsp3) is 0.0526. The summed E-state index contributed by atoms with van der Waals surface area (Å²) in [7, 11) is 0. The molecule has 0 atom stereocenters. The van der Waals surface area contributed by atoms with E-state index in [0.29, 0.717) is 28.7 Å². The van der Waals surface area contributed by atoms with E-state index in [0.717, 1.165) is 0 Å². The molecule has 0 N–H and O–H groups in total. The molecule has 0 radical (unpaired) electrons. The maximum atomic E-state index is 12.1. The standard InChI is InChI=1S/C19H13NO6/c21-11-17-8-9-18(26-17)14-4-6-15(7-5-14)19(22)25-12-13-2-1-3-16(10-13)20(23)24/h1-11H,12H2. The van der Waals surface area contributed by atoms with E-state index in [9.17, 15) is 19.7 Å². The highest BCUT2D eigenvalue weighted by molar-refractivity contribution is 5.90. The van der Waals surface area contributed by atoms with Crippen LogP contribution in [0.1, 0.15) is 26.5 Å². The Kier molecular flexibility index (Phi) is 4.89. The van der Waals surface area contributed by atoms with E-state index in [1.54, 1.807) is 42.5 Å². The second-order valence-electron chi connectivity index (χ2n) is 5.40. The molecule has 0 aliphatic carbocycles. The minimum absolute atomic E-state index is 0.0592. The lowest BCUT2D eigenvalue weighted by molar-refractivity contribution is -0.384. The number of nitro groups is 1. The van der Waals surface area contributed by atoms with Gasteiger partial charge in [0.1, 0.15) is 12.4 Å². The number of furan rings is 1. The number of nitro benzene ring substituents is 1. The molecule has 0 fully saturated rings. The molecule has 7 nitrogen and oxygen atoms in total. The summed E-state index contributed by atoms with van der Waals surface area (Å²) in [6.45, 7) is -0.0663. The van der Waals surface area contributed by atoms with Crippen LogP contribution in [-0.2, 0) is 11.3 Å². The second kappa shape index (κ2) is 7.43. The summed E-state index contributed by atoms with van der Waals surface area (Å²) >= 11 is 0. The van der Waals surface area contributed by atoms with Gasteiger partial charge in [-0.25, -0.2) is 4.79 Å². The Labute approximate surface area is 148 Å². The van der Waals surface area contributed by atoms with Gasteiger partial charge in [-0.3, -0.25) is 14.9 Å². The molecule has 0 saturated carbocycles. The Morgan fingerprint density at radius 2 is 1.88 bits per heavy atom. The van der Waals surface area contributed by atoms with Crippen molar-refractivity contribution < 1.29 is 23.7 Å². The highest BCUT2D eigenvalue weighted by Gasteiger charge is 2.11. The minimum Gasteiger partial charge on any atom is -0.457 e. The number of ether oxygens (including phenoxy) is 1. The summed E-state index contributed by atoms with van der Waals surface area (Å²) in [5.41, 5.74) is 1.52. The number of benzene rings is 2. The SMILES string of the molecule is O=Cc1ccc(-c2ccc(C(=O)OCc3cccc([N+](=O)[O-])c3)cc2)o1. The number of non-ortho nitro benzene ring substituents is 1. The molecule has 130 valence electrons. The van der Waals surface area contributed by atoms with Crippen LogP contribution < -0.4 is 0 Å². The fourth-order valence-electron chi connectivity index (χ4n) is 2.33. The quantitative estimate of drug-likeness (QED) is 0.288. The van der Waals surface area contributed by atoms with Gasteiger partial charge in [0.05, 0.1) is 10.5 Å². The van der Waals surface area contributed by atoms with Crippen LogP contribution in [-0.4, -0.2) is 17.2 Å². The first-order valence-electron chi connectivity index (χ1n) is 7.63. The van der Waals surface area contributed by atoms with Crippen molar-refractivity contribution in [2.75, 3.05) is 0 Å². The monoisotopic (exact) mass is 351 g/mol. The van der Waals surface area contributed by atoms with E-state index in [4.69, 9.17) is 9.15 Å². The van der Waals surface area contributed by atoms with Crippen molar-refractivity contribution in [3.8, 4) is 11.3 Å². The predicted molar refractivity (Wildman–Crippen MR) is 91.7 cm³/mol. The van der Waals surface area contributed by atoms with Crippen molar-refractivity contribution in [2.45, 2.75) is 6.61 Å². The highest BCUT2D eigenvalue weighted by atomic mass is 16.6.